The monoisotopic (exact) mass is 520 g/mol. The van der Waals surface area contributed by atoms with Gasteiger partial charge in [0.05, 0.1) is 24.9 Å². The predicted octanol–water partition coefficient (Wildman–Crippen LogP) is 5.21. The molecular formula is C30H40N4O4. The largest absolute Gasteiger partial charge is 0.478 e. The highest BCUT2D eigenvalue weighted by Crippen LogP contribution is 2.53. The number of nitrogens with one attached hydrogen (secondary N) is 2. The highest BCUT2D eigenvalue weighted by Gasteiger charge is 2.48. The summed E-state index contributed by atoms with van der Waals surface area (Å²) in [6, 6.07) is 7.04. The Morgan fingerprint density at radius 3 is 2.47 bits per heavy atom. The average Bonchev–Trinajstić information content (AvgIpc) is 3.32. The van der Waals surface area contributed by atoms with Crippen LogP contribution in [-0.4, -0.2) is 46.0 Å². The number of aromatic carboxylic acids is 1. The molecule has 1 amide bonds. The van der Waals surface area contributed by atoms with Gasteiger partial charge in [-0.2, -0.15) is 5.10 Å². The van der Waals surface area contributed by atoms with E-state index in [4.69, 9.17) is 4.74 Å². The second-order valence-electron chi connectivity index (χ2n) is 12.1. The summed E-state index contributed by atoms with van der Waals surface area (Å²) in [6.07, 6.45) is 14.2. The van der Waals surface area contributed by atoms with Crippen LogP contribution in [0.4, 0.5) is 5.69 Å². The first-order chi connectivity index (χ1) is 18.5. The SMILES string of the molecule is O=C(O)c1cccc(NCCn2ncc(C(=O)NC3C4CC5CC(C4)CC3C5)c2OCC2CCCCC2)c1. The number of aromatic nitrogens is 2. The third-order valence-electron chi connectivity index (χ3n) is 9.50. The number of carbonyl (C=O) groups excluding carboxylic acids is 1. The van der Waals surface area contributed by atoms with Gasteiger partial charge >= 0.3 is 5.97 Å². The van der Waals surface area contributed by atoms with Gasteiger partial charge in [0.15, 0.2) is 0 Å². The van der Waals surface area contributed by atoms with Crippen molar-refractivity contribution in [2.75, 3.05) is 18.5 Å². The van der Waals surface area contributed by atoms with Gasteiger partial charge in [-0.25, -0.2) is 9.48 Å². The molecule has 5 aliphatic carbocycles. The van der Waals surface area contributed by atoms with Gasteiger partial charge in [0, 0.05) is 18.3 Å². The second kappa shape index (κ2) is 11.0. The molecule has 0 radical (unpaired) electrons. The Bertz CT molecular complexity index is 1130. The lowest BCUT2D eigenvalue weighted by atomic mass is 9.54. The van der Waals surface area contributed by atoms with E-state index in [-0.39, 0.29) is 17.5 Å². The summed E-state index contributed by atoms with van der Waals surface area (Å²) in [7, 11) is 0. The summed E-state index contributed by atoms with van der Waals surface area (Å²) in [5, 5.41) is 20.5. The minimum atomic E-state index is -0.950. The zero-order valence-electron chi connectivity index (χ0n) is 22.1. The fraction of sp³-hybridized carbons (Fsp3) is 0.633. The van der Waals surface area contributed by atoms with Crippen molar-refractivity contribution in [1.82, 2.24) is 15.1 Å². The summed E-state index contributed by atoms with van der Waals surface area (Å²) >= 11 is 0. The maximum absolute atomic E-state index is 13.6. The van der Waals surface area contributed by atoms with Crippen LogP contribution < -0.4 is 15.4 Å². The first-order valence-corrected chi connectivity index (χ1v) is 14.6. The van der Waals surface area contributed by atoms with Crippen LogP contribution in [0.3, 0.4) is 0 Å². The quantitative estimate of drug-likeness (QED) is 0.397. The molecule has 204 valence electrons. The number of carbonyl (C=O) groups is 2. The van der Waals surface area contributed by atoms with Gasteiger partial charge in [-0.15, -0.1) is 0 Å². The van der Waals surface area contributed by atoms with E-state index in [1.54, 1.807) is 29.1 Å². The summed E-state index contributed by atoms with van der Waals surface area (Å²) in [5.74, 6) is 3.02. The van der Waals surface area contributed by atoms with E-state index in [1.807, 2.05) is 6.07 Å². The van der Waals surface area contributed by atoms with Gasteiger partial charge in [0.25, 0.3) is 5.91 Å². The first-order valence-electron chi connectivity index (χ1n) is 14.6. The molecule has 8 heteroatoms. The fourth-order valence-electron chi connectivity index (χ4n) is 7.85. The molecule has 3 N–H and O–H groups in total. The smallest absolute Gasteiger partial charge is 0.335 e. The van der Waals surface area contributed by atoms with Crippen LogP contribution in [0.5, 0.6) is 5.88 Å². The van der Waals surface area contributed by atoms with Crippen molar-refractivity contribution < 1.29 is 19.4 Å². The number of hydrogen-bond donors (Lipinski definition) is 3. The molecule has 5 saturated carbocycles. The lowest BCUT2D eigenvalue weighted by molar-refractivity contribution is -0.0120. The van der Waals surface area contributed by atoms with Gasteiger partial charge in [-0.3, -0.25) is 4.79 Å². The zero-order chi connectivity index (χ0) is 26.1. The molecule has 38 heavy (non-hydrogen) atoms. The van der Waals surface area contributed by atoms with Gasteiger partial charge in [-0.1, -0.05) is 25.3 Å². The molecule has 1 heterocycles. The Balaban J connectivity index is 1.14. The standard InChI is InChI=1S/C30H40N4O4/c35-28(33-27-23-12-20-11-21(14-23)15-24(27)13-20)26-17-32-34(29(26)38-18-19-5-2-1-3-6-19)10-9-31-25-8-4-7-22(16-25)30(36)37/h4,7-8,16-17,19-21,23-24,27,31H,1-3,5-6,9-15,18H2,(H,33,35)(H,36,37). The van der Waals surface area contributed by atoms with Crippen LogP contribution in [0, 0.1) is 29.6 Å². The summed E-state index contributed by atoms with van der Waals surface area (Å²) in [5.41, 5.74) is 1.51. The molecule has 4 bridgehead atoms. The molecule has 0 spiro atoms. The lowest BCUT2D eigenvalue weighted by Gasteiger charge is -2.54. The van der Waals surface area contributed by atoms with Crippen molar-refractivity contribution in [2.24, 2.45) is 29.6 Å². The van der Waals surface area contributed by atoms with E-state index in [0.717, 1.165) is 17.5 Å². The van der Waals surface area contributed by atoms with Gasteiger partial charge in [0.1, 0.15) is 5.56 Å². The third kappa shape index (κ3) is 5.40. The number of benzene rings is 1. The molecule has 0 atom stereocenters. The number of carboxylic acids is 1. The first kappa shape index (κ1) is 25.3. The Morgan fingerprint density at radius 1 is 1.03 bits per heavy atom. The number of ether oxygens (including phenoxy) is 1. The van der Waals surface area contributed by atoms with Gasteiger partial charge < -0.3 is 20.5 Å². The van der Waals surface area contributed by atoms with Gasteiger partial charge in [0.2, 0.25) is 5.88 Å². The van der Waals surface area contributed by atoms with Crippen molar-refractivity contribution in [1.29, 1.82) is 0 Å². The van der Waals surface area contributed by atoms with Crippen molar-refractivity contribution in [3.8, 4) is 5.88 Å². The second-order valence-corrected chi connectivity index (χ2v) is 12.1. The number of anilines is 1. The van der Waals surface area contributed by atoms with Crippen LogP contribution in [0.15, 0.2) is 30.5 Å². The molecule has 5 fully saturated rings. The maximum Gasteiger partial charge on any atom is 0.335 e. The number of amides is 1. The molecule has 1 aromatic carbocycles. The molecule has 0 unspecified atom stereocenters. The topological polar surface area (TPSA) is 105 Å². The average molecular weight is 521 g/mol. The highest BCUT2D eigenvalue weighted by atomic mass is 16.5. The van der Waals surface area contributed by atoms with Crippen LogP contribution >= 0.6 is 0 Å². The van der Waals surface area contributed by atoms with E-state index in [0.29, 0.717) is 48.9 Å². The minimum absolute atomic E-state index is 0.0607. The van der Waals surface area contributed by atoms with Gasteiger partial charge in [-0.05, 0) is 92.7 Å². The maximum atomic E-state index is 13.6. The number of hydrogen-bond acceptors (Lipinski definition) is 5. The molecular weight excluding hydrogens is 480 g/mol. The number of nitrogens with zero attached hydrogens (tertiary/aromatic N) is 2. The Labute approximate surface area is 224 Å². The van der Waals surface area contributed by atoms with Crippen molar-refractivity contribution in [3.63, 3.8) is 0 Å². The summed E-state index contributed by atoms with van der Waals surface area (Å²) in [4.78, 5) is 24.9. The van der Waals surface area contributed by atoms with Crippen LogP contribution in [0.1, 0.15) is 84.9 Å². The van der Waals surface area contributed by atoms with Crippen molar-refractivity contribution >= 4 is 17.6 Å². The highest BCUT2D eigenvalue weighted by molar-refractivity contribution is 5.96. The van der Waals surface area contributed by atoms with Crippen LogP contribution in [0.2, 0.25) is 0 Å². The predicted molar refractivity (Wildman–Crippen MR) is 144 cm³/mol. The molecule has 0 saturated heterocycles. The van der Waals surface area contributed by atoms with E-state index >= 15 is 0 Å². The van der Waals surface area contributed by atoms with E-state index < -0.39 is 5.97 Å². The molecule has 8 nitrogen and oxygen atoms in total. The molecule has 0 aliphatic heterocycles. The molecule has 2 aromatic rings. The van der Waals surface area contributed by atoms with E-state index in [1.165, 1.54) is 64.2 Å². The third-order valence-corrected chi connectivity index (χ3v) is 9.50. The van der Waals surface area contributed by atoms with Crippen LogP contribution in [0.25, 0.3) is 0 Å². The molecule has 5 aliphatic rings. The normalized spacial score (nSPS) is 28.3. The minimum Gasteiger partial charge on any atom is -0.478 e. The zero-order valence-corrected chi connectivity index (χ0v) is 22.1. The molecule has 7 rings (SSSR count). The summed E-state index contributed by atoms with van der Waals surface area (Å²) < 4.78 is 8.14. The summed E-state index contributed by atoms with van der Waals surface area (Å²) in [6.45, 7) is 1.64. The molecule has 1 aromatic heterocycles. The fourth-order valence-corrected chi connectivity index (χ4v) is 7.85. The lowest BCUT2D eigenvalue weighted by Crippen LogP contribution is -2.55. The number of carboxylic acid groups (broad SMARTS) is 1. The Kier molecular flexibility index (Phi) is 7.30. The Morgan fingerprint density at radius 2 is 1.76 bits per heavy atom. The van der Waals surface area contributed by atoms with E-state index in [2.05, 4.69) is 15.7 Å². The number of rotatable bonds is 10. The Hall–Kier alpha value is -3.03. The van der Waals surface area contributed by atoms with E-state index in [9.17, 15) is 14.7 Å². The van der Waals surface area contributed by atoms with Crippen molar-refractivity contribution in [2.45, 2.75) is 76.8 Å². The van der Waals surface area contributed by atoms with Crippen molar-refractivity contribution in [3.05, 3.63) is 41.6 Å². The van der Waals surface area contributed by atoms with Crippen LogP contribution in [-0.2, 0) is 6.54 Å².